The summed E-state index contributed by atoms with van der Waals surface area (Å²) in [6.07, 6.45) is 5.37. The largest absolute Gasteiger partial charge is 0.493 e. The summed E-state index contributed by atoms with van der Waals surface area (Å²) in [5, 5.41) is 0. The lowest BCUT2D eigenvalue weighted by Crippen LogP contribution is -2.36. The summed E-state index contributed by atoms with van der Waals surface area (Å²) in [6, 6.07) is 5.22. The standard InChI is InChI=1S/C17H21N5O2/c1-12-2-6-20-17(21-12)22-8-4-13(5-9-22)11-24-14-3-7-19-15(10-14)16(18)23/h2-3,6-7,10,13H,4-5,8-9,11H2,1H3,(H2,18,23). The Labute approximate surface area is 140 Å². The maximum absolute atomic E-state index is 11.1. The normalized spacial score (nSPS) is 15.3. The molecule has 0 unspecified atom stereocenters. The van der Waals surface area contributed by atoms with Crippen molar-refractivity contribution in [3.05, 3.63) is 42.0 Å². The van der Waals surface area contributed by atoms with Gasteiger partial charge in [-0.1, -0.05) is 0 Å². The fraction of sp³-hybridized carbons (Fsp3) is 0.412. The first-order valence-corrected chi connectivity index (χ1v) is 8.05. The van der Waals surface area contributed by atoms with Gasteiger partial charge in [-0.25, -0.2) is 9.97 Å². The fourth-order valence-corrected chi connectivity index (χ4v) is 2.74. The zero-order valence-electron chi connectivity index (χ0n) is 13.7. The van der Waals surface area contributed by atoms with E-state index in [0.29, 0.717) is 18.3 Å². The first-order valence-electron chi connectivity index (χ1n) is 8.05. The van der Waals surface area contributed by atoms with Crippen LogP contribution in [0.1, 0.15) is 29.0 Å². The van der Waals surface area contributed by atoms with Crippen LogP contribution in [0.2, 0.25) is 0 Å². The van der Waals surface area contributed by atoms with E-state index >= 15 is 0 Å². The minimum atomic E-state index is -0.549. The number of aryl methyl sites for hydroxylation is 1. The van der Waals surface area contributed by atoms with Gasteiger partial charge in [0, 0.05) is 37.2 Å². The summed E-state index contributed by atoms with van der Waals surface area (Å²) >= 11 is 0. The van der Waals surface area contributed by atoms with E-state index in [-0.39, 0.29) is 5.69 Å². The molecular formula is C17H21N5O2. The number of ether oxygens (including phenoxy) is 1. The minimum Gasteiger partial charge on any atom is -0.493 e. The van der Waals surface area contributed by atoms with Crippen molar-refractivity contribution in [2.45, 2.75) is 19.8 Å². The molecule has 1 aliphatic heterocycles. The second-order valence-corrected chi connectivity index (χ2v) is 5.98. The number of anilines is 1. The Morgan fingerprint density at radius 2 is 2.04 bits per heavy atom. The molecule has 2 aromatic heterocycles. The zero-order valence-corrected chi connectivity index (χ0v) is 13.7. The number of rotatable bonds is 5. The van der Waals surface area contributed by atoms with Crippen molar-refractivity contribution in [2.24, 2.45) is 11.7 Å². The van der Waals surface area contributed by atoms with Gasteiger partial charge in [0.2, 0.25) is 5.95 Å². The average molecular weight is 327 g/mol. The molecule has 7 heteroatoms. The van der Waals surface area contributed by atoms with Crippen LogP contribution in [0.4, 0.5) is 5.95 Å². The molecule has 1 fully saturated rings. The Kier molecular flexibility index (Phi) is 4.88. The third-order valence-electron chi connectivity index (χ3n) is 4.15. The molecular weight excluding hydrogens is 306 g/mol. The topological polar surface area (TPSA) is 94.2 Å². The molecule has 0 atom stereocenters. The molecule has 0 aromatic carbocycles. The Balaban J connectivity index is 1.51. The number of pyridine rings is 1. The highest BCUT2D eigenvalue weighted by Gasteiger charge is 2.21. The van der Waals surface area contributed by atoms with Gasteiger partial charge in [0.25, 0.3) is 5.91 Å². The van der Waals surface area contributed by atoms with Crippen LogP contribution in [0, 0.1) is 12.8 Å². The number of nitrogens with two attached hydrogens (primary N) is 1. The van der Waals surface area contributed by atoms with Gasteiger partial charge in [-0.2, -0.15) is 0 Å². The fourth-order valence-electron chi connectivity index (χ4n) is 2.74. The summed E-state index contributed by atoms with van der Waals surface area (Å²) in [6.45, 7) is 4.42. The molecule has 3 heterocycles. The molecule has 1 aliphatic rings. The van der Waals surface area contributed by atoms with Crippen molar-refractivity contribution in [3.63, 3.8) is 0 Å². The van der Waals surface area contributed by atoms with Gasteiger partial charge in [-0.15, -0.1) is 0 Å². The molecule has 24 heavy (non-hydrogen) atoms. The summed E-state index contributed by atoms with van der Waals surface area (Å²) in [7, 11) is 0. The van der Waals surface area contributed by atoms with Crippen LogP contribution in [0.15, 0.2) is 30.6 Å². The quantitative estimate of drug-likeness (QED) is 0.896. The van der Waals surface area contributed by atoms with Gasteiger partial charge in [0.1, 0.15) is 11.4 Å². The Morgan fingerprint density at radius 1 is 1.29 bits per heavy atom. The third-order valence-corrected chi connectivity index (χ3v) is 4.15. The van der Waals surface area contributed by atoms with Crippen LogP contribution in [-0.2, 0) is 0 Å². The van der Waals surface area contributed by atoms with Crippen molar-refractivity contribution in [2.75, 3.05) is 24.6 Å². The maximum Gasteiger partial charge on any atom is 0.267 e. The minimum absolute atomic E-state index is 0.221. The van der Waals surface area contributed by atoms with Gasteiger partial charge in [-0.05, 0) is 37.8 Å². The van der Waals surface area contributed by atoms with Crippen LogP contribution in [0.5, 0.6) is 5.75 Å². The van der Waals surface area contributed by atoms with E-state index in [4.69, 9.17) is 10.5 Å². The lowest BCUT2D eigenvalue weighted by atomic mass is 9.98. The second kappa shape index (κ2) is 7.25. The predicted octanol–water partition coefficient (Wildman–Crippen LogP) is 1.57. The average Bonchev–Trinajstić information content (AvgIpc) is 2.61. The smallest absolute Gasteiger partial charge is 0.267 e. The third kappa shape index (κ3) is 3.98. The first kappa shape index (κ1) is 16.2. The highest BCUT2D eigenvalue weighted by atomic mass is 16.5. The number of carbonyl (C=O) groups is 1. The molecule has 0 aliphatic carbocycles. The van der Waals surface area contributed by atoms with Crippen LogP contribution < -0.4 is 15.4 Å². The van der Waals surface area contributed by atoms with E-state index in [2.05, 4.69) is 19.9 Å². The predicted molar refractivity (Wildman–Crippen MR) is 90.0 cm³/mol. The van der Waals surface area contributed by atoms with E-state index in [1.165, 1.54) is 6.20 Å². The van der Waals surface area contributed by atoms with Crippen molar-refractivity contribution in [1.29, 1.82) is 0 Å². The summed E-state index contributed by atoms with van der Waals surface area (Å²) in [5.41, 5.74) is 6.43. The Bertz CT molecular complexity index is 714. The van der Waals surface area contributed by atoms with E-state index < -0.39 is 5.91 Å². The SMILES string of the molecule is Cc1ccnc(N2CCC(COc3ccnc(C(N)=O)c3)CC2)n1. The van der Waals surface area contributed by atoms with Gasteiger partial charge < -0.3 is 15.4 Å². The van der Waals surface area contributed by atoms with Crippen LogP contribution in [-0.4, -0.2) is 40.6 Å². The molecule has 0 bridgehead atoms. The molecule has 1 saturated heterocycles. The van der Waals surface area contributed by atoms with E-state index in [1.807, 2.05) is 13.0 Å². The molecule has 0 spiro atoms. The highest BCUT2D eigenvalue weighted by Crippen LogP contribution is 2.22. The van der Waals surface area contributed by atoms with Crippen molar-refractivity contribution >= 4 is 11.9 Å². The molecule has 0 saturated carbocycles. The lowest BCUT2D eigenvalue weighted by molar-refractivity contribution is 0.0995. The zero-order chi connectivity index (χ0) is 16.9. The monoisotopic (exact) mass is 327 g/mol. The molecule has 7 nitrogen and oxygen atoms in total. The lowest BCUT2D eigenvalue weighted by Gasteiger charge is -2.31. The molecule has 2 N–H and O–H groups in total. The van der Waals surface area contributed by atoms with Gasteiger partial charge >= 0.3 is 0 Å². The number of hydrogen-bond donors (Lipinski definition) is 1. The number of amides is 1. The first-order chi connectivity index (χ1) is 11.6. The number of primary amides is 1. The highest BCUT2D eigenvalue weighted by molar-refractivity contribution is 5.91. The van der Waals surface area contributed by atoms with Crippen LogP contribution >= 0.6 is 0 Å². The van der Waals surface area contributed by atoms with Crippen molar-refractivity contribution < 1.29 is 9.53 Å². The molecule has 126 valence electrons. The van der Waals surface area contributed by atoms with E-state index in [0.717, 1.165) is 37.6 Å². The summed E-state index contributed by atoms with van der Waals surface area (Å²) < 4.78 is 5.80. The summed E-state index contributed by atoms with van der Waals surface area (Å²) in [5.74, 6) is 1.35. The molecule has 1 amide bonds. The molecule has 2 aromatic rings. The van der Waals surface area contributed by atoms with Crippen LogP contribution in [0.3, 0.4) is 0 Å². The number of piperidine rings is 1. The van der Waals surface area contributed by atoms with Crippen LogP contribution in [0.25, 0.3) is 0 Å². The number of hydrogen-bond acceptors (Lipinski definition) is 6. The number of nitrogens with zero attached hydrogens (tertiary/aromatic N) is 4. The molecule has 3 rings (SSSR count). The number of carbonyl (C=O) groups excluding carboxylic acids is 1. The van der Waals surface area contributed by atoms with E-state index in [1.54, 1.807) is 18.3 Å². The van der Waals surface area contributed by atoms with Gasteiger partial charge in [-0.3, -0.25) is 9.78 Å². The van der Waals surface area contributed by atoms with Crippen molar-refractivity contribution in [1.82, 2.24) is 15.0 Å². The number of aromatic nitrogens is 3. The Hall–Kier alpha value is -2.70. The van der Waals surface area contributed by atoms with Gasteiger partial charge in [0.05, 0.1) is 6.61 Å². The molecule has 0 radical (unpaired) electrons. The van der Waals surface area contributed by atoms with Crippen molar-refractivity contribution in [3.8, 4) is 5.75 Å². The van der Waals surface area contributed by atoms with E-state index in [9.17, 15) is 4.79 Å². The Morgan fingerprint density at radius 3 is 2.75 bits per heavy atom. The second-order valence-electron chi connectivity index (χ2n) is 5.98. The maximum atomic E-state index is 11.1. The van der Waals surface area contributed by atoms with Gasteiger partial charge in [0.15, 0.2) is 0 Å². The summed E-state index contributed by atoms with van der Waals surface area (Å²) in [4.78, 5) is 26.1.